The summed E-state index contributed by atoms with van der Waals surface area (Å²) in [6.07, 6.45) is 4.40. The van der Waals surface area contributed by atoms with Gasteiger partial charge in [0.2, 0.25) is 0 Å². The Labute approximate surface area is 436 Å². The number of rotatable bonds is 12. The number of anilines is 6. The molecule has 0 saturated heterocycles. The third-order valence-electron chi connectivity index (χ3n) is 15.3. The molecule has 0 N–H and O–H groups in total. The van der Waals surface area contributed by atoms with Gasteiger partial charge in [-0.15, -0.1) is 0 Å². The fourth-order valence-electron chi connectivity index (χ4n) is 11.9. The smallest absolute Gasteiger partial charge is 0.252 e. The zero-order chi connectivity index (χ0) is 49.4. The summed E-state index contributed by atoms with van der Waals surface area (Å²) in [7, 11) is 0. The summed E-state index contributed by atoms with van der Waals surface area (Å²) in [6, 6.07) is 99.4. The number of nitrogens with zero attached hydrogens (tertiary/aromatic N) is 2. The van der Waals surface area contributed by atoms with Gasteiger partial charge in [-0.05, 0) is 104 Å². The van der Waals surface area contributed by atoms with Crippen LogP contribution < -0.4 is 26.2 Å². The van der Waals surface area contributed by atoms with Crippen LogP contribution in [0.3, 0.4) is 0 Å². The van der Waals surface area contributed by atoms with E-state index in [1.165, 1.54) is 129 Å². The monoisotopic (exact) mass is 946 g/mol. The first-order chi connectivity index (χ1) is 36.7. The van der Waals surface area contributed by atoms with E-state index in [-0.39, 0.29) is 6.71 Å². The molecule has 0 bridgehead atoms. The highest BCUT2D eigenvalue weighted by Crippen LogP contribution is 2.53. The lowest BCUT2D eigenvalue weighted by atomic mass is 9.33. The predicted octanol–water partition coefficient (Wildman–Crippen LogP) is 17.5. The molecule has 74 heavy (non-hydrogen) atoms. The molecule has 0 aliphatic carbocycles. The van der Waals surface area contributed by atoms with Crippen molar-refractivity contribution in [2.75, 3.05) is 9.80 Å². The van der Waals surface area contributed by atoms with E-state index in [1.807, 2.05) is 0 Å². The molecule has 2 heterocycles. The van der Waals surface area contributed by atoms with Gasteiger partial charge in [0.15, 0.2) is 0 Å². The van der Waals surface area contributed by atoms with Crippen LogP contribution >= 0.6 is 0 Å². The third kappa shape index (κ3) is 8.02. The Kier molecular flexibility index (Phi) is 11.9. The van der Waals surface area contributed by atoms with Crippen molar-refractivity contribution < 1.29 is 0 Å². The zero-order valence-electron chi connectivity index (χ0n) is 41.7. The molecule has 2 aliphatic heterocycles. The van der Waals surface area contributed by atoms with E-state index in [4.69, 9.17) is 0 Å². The number of unbranched alkanes of at least 4 members (excludes halogenated alkanes) is 2. The highest BCUT2D eigenvalue weighted by atomic mass is 15.2. The van der Waals surface area contributed by atoms with Crippen LogP contribution in [0.2, 0.25) is 0 Å². The molecule has 352 valence electrons. The summed E-state index contributed by atoms with van der Waals surface area (Å²) >= 11 is 0. The molecule has 0 atom stereocenters. The predicted molar refractivity (Wildman–Crippen MR) is 316 cm³/mol. The van der Waals surface area contributed by atoms with Crippen LogP contribution in [0.1, 0.15) is 31.7 Å². The minimum atomic E-state index is -0.109. The lowest BCUT2D eigenvalue weighted by Gasteiger charge is -2.46. The highest BCUT2D eigenvalue weighted by molar-refractivity contribution is 7.00. The largest absolute Gasteiger partial charge is 0.310 e. The Morgan fingerprint density at radius 1 is 0.297 bits per heavy atom. The Bertz CT molecular complexity index is 3430. The molecule has 0 spiro atoms. The average molecular weight is 947 g/mol. The third-order valence-corrected chi connectivity index (χ3v) is 15.3. The number of benzene rings is 11. The van der Waals surface area contributed by atoms with Gasteiger partial charge in [-0.1, -0.05) is 262 Å². The Hall–Kier alpha value is -8.92. The minimum Gasteiger partial charge on any atom is -0.310 e. The van der Waals surface area contributed by atoms with E-state index in [9.17, 15) is 0 Å². The maximum atomic E-state index is 2.67. The minimum absolute atomic E-state index is 0.109. The van der Waals surface area contributed by atoms with Gasteiger partial charge in [-0.25, -0.2) is 0 Å². The van der Waals surface area contributed by atoms with Crippen LogP contribution in [0, 0.1) is 0 Å². The van der Waals surface area contributed by atoms with Gasteiger partial charge in [0.1, 0.15) is 0 Å². The van der Waals surface area contributed by atoms with Crippen LogP contribution in [0.5, 0.6) is 0 Å². The number of para-hydroxylation sites is 2. The molecule has 11 aromatic rings. The molecule has 11 aromatic carbocycles. The summed E-state index contributed by atoms with van der Waals surface area (Å²) in [6.45, 7) is 2.20. The van der Waals surface area contributed by atoms with E-state index in [1.54, 1.807) is 0 Å². The van der Waals surface area contributed by atoms with Gasteiger partial charge in [0, 0.05) is 45.0 Å². The molecule has 0 fully saturated rings. The molecule has 0 amide bonds. The summed E-state index contributed by atoms with van der Waals surface area (Å²) < 4.78 is 0. The summed E-state index contributed by atoms with van der Waals surface area (Å²) in [5, 5.41) is 0. The average Bonchev–Trinajstić information content (AvgIpc) is 3.48. The molecular formula is C71H55BN2. The van der Waals surface area contributed by atoms with Crippen LogP contribution in [-0.4, -0.2) is 6.71 Å². The maximum absolute atomic E-state index is 2.67. The van der Waals surface area contributed by atoms with Crippen LogP contribution in [0.4, 0.5) is 34.1 Å². The number of fused-ring (bicyclic) bond motifs is 4. The normalized spacial score (nSPS) is 12.3. The Morgan fingerprint density at radius 2 is 0.635 bits per heavy atom. The van der Waals surface area contributed by atoms with Gasteiger partial charge in [0.25, 0.3) is 6.71 Å². The van der Waals surface area contributed by atoms with Crippen molar-refractivity contribution in [1.82, 2.24) is 0 Å². The molecular weight excluding hydrogens is 892 g/mol. The quantitative estimate of drug-likeness (QED) is 0.0889. The van der Waals surface area contributed by atoms with E-state index in [0.717, 1.165) is 19.3 Å². The first-order valence-corrected chi connectivity index (χ1v) is 26.4. The van der Waals surface area contributed by atoms with Gasteiger partial charge in [0.05, 0.1) is 11.4 Å². The fraction of sp³-hybridized carbons (Fsp3) is 0.0704. The molecule has 13 rings (SSSR count). The van der Waals surface area contributed by atoms with Crippen molar-refractivity contribution in [1.29, 1.82) is 0 Å². The van der Waals surface area contributed by atoms with Crippen LogP contribution in [-0.2, 0) is 6.42 Å². The van der Waals surface area contributed by atoms with Crippen molar-refractivity contribution in [2.24, 2.45) is 0 Å². The topological polar surface area (TPSA) is 6.48 Å². The molecule has 2 nitrogen and oxygen atoms in total. The first-order valence-electron chi connectivity index (χ1n) is 26.4. The molecule has 0 saturated carbocycles. The van der Waals surface area contributed by atoms with E-state index in [0.29, 0.717) is 0 Å². The lowest BCUT2D eigenvalue weighted by Crippen LogP contribution is -2.61. The highest BCUT2D eigenvalue weighted by Gasteiger charge is 2.45. The second-order valence-corrected chi connectivity index (χ2v) is 19.8. The number of hydrogen-bond donors (Lipinski definition) is 0. The lowest BCUT2D eigenvalue weighted by molar-refractivity contribution is 0.717. The van der Waals surface area contributed by atoms with Crippen LogP contribution in [0.15, 0.2) is 267 Å². The summed E-state index contributed by atoms with van der Waals surface area (Å²) in [5.41, 5.74) is 26.7. The maximum Gasteiger partial charge on any atom is 0.252 e. The van der Waals surface area contributed by atoms with Crippen LogP contribution in [0.25, 0.3) is 66.8 Å². The first kappa shape index (κ1) is 45.0. The van der Waals surface area contributed by atoms with Crippen molar-refractivity contribution in [3.8, 4) is 66.8 Å². The standard InChI is InChI=1S/C71H55BN2/c1-2-3-10-25-50-46-67-69-68(47-50)74(71-61(55-34-19-8-20-35-55)40-24-41-62(71)56-36-21-9-22-37-56)66-45-43-58(52-28-13-5-14-29-52)49-64(66)72(69)63-48-57(51-26-11-4-12-27-51)42-44-65(63)73(67)70-59(53-30-15-6-16-31-53)38-23-39-60(70)54-32-17-7-18-33-54/h4-9,11-24,26-49H,2-3,10,25H2,1H3. The molecule has 2 aliphatic rings. The van der Waals surface area contributed by atoms with Crippen molar-refractivity contribution in [3.63, 3.8) is 0 Å². The van der Waals surface area contributed by atoms with Gasteiger partial charge in [-0.3, -0.25) is 0 Å². The Morgan fingerprint density at radius 3 is 0.973 bits per heavy atom. The van der Waals surface area contributed by atoms with Crippen molar-refractivity contribution in [3.05, 3.63) is 272 Å². The van der Waals surface area contributed by atoms with E-state index < -0.39 is 0 Å². The molecule has 3 heteroatoms. The van der Waals surface area contributed by atoms with Gasteiger partial charge >= 0.3 is 0 Å². The summed E-state index contributed by atoms with van der Waals surface area (Å²) in [4.78, 5) is 5.33. The SMILES string of the molecule is CCCCCc1cc2c3c(c1)N(c1c(-c4ccccc4)cccc1-c1ccccc1)c1ccc(-c4ccccc4)cc1B3c1cc(-c3ccccc3)ccc1N2c1c(-c2ccccc2)cccc1-c1ccccc1. The second-order valence-electron chi connectivity index (χ2n) is 19.8. The van der Waals surface area contributed by atoms with E-state index >= 15 is 0 Å². The second kappa shape index (κ2) is 19.6. The number of hydrogen-bond acceptors (Lipinski definition) is 2. The zero-order valence-corrected chi connectivity index (χ0v) is 41.7. The van der Waals surface area contributed by atoms with E-state index in [2.05, 4.69) is 284 Å². The van der Waals surface area contributed by atoms with Crippen molar-refractivity contribution >= 4 is 57.2 Å². The van der Waals surface area contributed by atoms with Crippen molar-refractivity contribution in [2.45, 2.75) is 32.6 Å². The van der Waals surface area contributed by atoms with Gasteiger partial charge in [-0.2, -0.15) is 0 Å². The Balaban J connectivity index is 1.20. The fourth-order valence-corrected chi connectivity index (χ4v) is 11.9. The molecule has 0 unspecified atom stereocenters. The van der Waals surface area contributed by atoms with Gasteiger partial charge < -0.3 is 9.80 Å². The molecule has 0 radical (unpaired) electrons. The number of aryl methyl sites for hydroxylation is 1. The molecule has 0 aromatic heterocycles. The summed E-state index contributed by atoms with van der Waals surface area (Å²) in [5.74, 6) is 0.